The van der Waals surface area contributed by atoms with Crippen LogP contribution in [0, 0.1) is 5.82 Å². The van der Waals surface area contributed by atoms with Crippen LogP contribution in [0.2, 0.25) is 0 Å². The second-order valence-corrected chi connectivity index (χ2v) is 6.32. The number of anilines is 1. The largest absolute Gasteiger partial charge is 0.457 e. The smallest absolute Gasteiger partial charge is 0.317 e. The van der Waals surface area contributed by atoms with Crippen molar-refractivity contribution in [1.29, 1.82) is 0 Å². The highest BCUT2D eigenvalue weighted by Gasteiger charge is 2.52. The van der Waals surface area contributed by atoms with Crippen molar-refractivity contribution in [2.45, 2.75) is 25.2 Å². The number of benzene rings is 2. The number of carbonyl (C=O) groups is 3. The Kier molecular flexibility index (Phi) is 4.84. The molecule has 2 aromatic carbocycles. The van der Waals surface area contributed by atoms with Crippen LogP contribution in [0.15, 0.2) is 48.5 Å². The highest BCUT2D eigenvalue weighted by atomic mass is 19.1. The first-order chi connectivity index (χ1) is 12.4. The molecule has 0 atom stereocenters. The van der Waals surface area contributed by atoms with Crippen LogP contribution in [0.1, 0.15) is 35.7 Å². The van der Waals surface area contributed by atoms with Crippen molar-refractivity contribution in [3.63, 3.8) is 0 Å². The molecule has 5 nitrogen and oxygen atoms in total. The van der Waals surface area contributed by atoms with Crippen LogP contribution in [0.25, 0.3) is 0 Å². The number of ether oxygens (including phenoxy) is 1. The van der Waals surface area contributed by atoms with E-state index in [0.717, 1.165) is 11.6 Å². The van der Waals surface area contributed by atoms with Crippen LogP contribution in [-0.4, -0.2) is 24.3 Å². The minimum absolute atomic E-state index is 0.184. The summed E-state index contributed by atoms with van der Waals surface area (Å²) in [7, 11) is 0. The van der Waals surface area contributed by atoms with Gasteiger partial charge in [-0.1, -0.05) is 30.3 Å². The molecule has 1 N–H and O–H groups in total. The Morgan fingerprint density at radius 1 is 1.12 bits per heavy atom. The topological polar surface area (TPSA) is 72.5 Å². The van der Waals surface area contributed by atoms with E-state index in [2.05, 4.69) is 5.32 Å². The lowest BCUT2D eigenvalue weighted by Gasteiger charge is -2.14. The second kappa shape index (κ2) is 7.07. The van der Waals surface area contributed by atoms with Gasteiger partial charge in [0.25, 0.3) is 0 Å². The van der Waals surface area contributed by atoms with Crippen molar-refractivity contribution in [2.24, 2.45) is 0 Å². The van der Waals surface area contributed by atoms with Crippen molar-refractivity contribution >= 4 is 23.3 Å². The molecule has 0 saturated heterocycles. The molecule has 26 heavy (non-hydrogen) atoms. The van der Waals surface area contributed by atoms with Crippen molar-refractivity contribution in [2.75, 3.05) is 11.9 Å². The summed E-state index contributed by atoms with van der Waals surface area (Å²) in [4.78, 5) is 35.6. The fraction of sp³-hybridized carbons (Fsp3) is 0.250. The molecular weight excluding hydrogens is 337 g/mol. The monoisotopic (exact) mass is 355 g/mol. The van der Waals surface area contributed by atoms with E-state index in [-0.39, 0.29) is 17.2 Å². The summed E-state index contributed by atoms with van der Waals surface area (Å²) in [5.41, 5.74) is 0.249. The Morgan fingerprint density at radius 2 is 1.81 bits per heavy atom. The molecule has 1 fully saturated rings. The van der Waals surface area contributed by atoms with Crippen molar-refractivity contribution in [3.05, 3.63) is 65.5 Å². The third-order valence-electron chi connectivity index (χ3n) is 4.39. The molecule has 0 aliphatic heterocycles. The van der Waals surface area contributed by atoms with Crippen LogP contribution < -0.4 is 5.32 Å². The predicted octanol–water partition coefficient (Wildman–Crippen LogP) is 3.24. The summed E-state index contributed by atoms with van der Waals surface area (Å²) < 4.78 is 19.2. The quantitative estimate of drug-likeness (QED) is 0.638. The van der Waals surface area contributed by atoms with Gasteiger partial charge in [0, 0.05) is 12.6 Å². The van der Waals surface area contributed by atoms with Gasteiger partial charge in [0.05, 0.1) is 11.0 Å². The number of amides is 1. The molecule has 0 heterocycles. The maximum atomic E-state index is 14.1. The summed E-state index contributed by atoms with van der Waals surface area (Å²) >= 11 is 0. The standard InChI is InChI=1S/C20H18FNO4/c1-13(23)22-15-7-8-16(17(21)11-15)18(24)12-26-19(25)20(9-10-20)14-5-3-2-4-6-14/h2-8,11H,9-10,12H2,1H3,(H,22,23). The van der Waals surface area contributed by atoms with Crippen LogP contribution in [0.5, 0.6) is 0 Å². The fourth-order valence-electron chi connectivity index (χ4n) is 2.86. The molecule has 6 heteroatoms. The molecule has 1 saturated carbocycles. The number of esters is 1. The Morgan fingerprint density at radius 3 is 2.38 bits per heavy atom. The number of hydrogen-bond acceptors (Lipinski definition) is 4. The third-order valence-corrected chi connectivity index (χ3v) is 4.39. The average molecular weight is 355 g/mol. The first-order valence-corrected chi connectivity index (χ1v) is 8.25. The zero-order chi connectivity index (χ0) is 18.7. The van der Waals surface area contributed by atoms with Crippen molar-refractivity contribution in [3.8, 4) is 0 Å². The number of nitrogens with one attached hydrogen (secondary N) is 1. The lowest BCUT2D eigenvalue weighted by atomic mass is 9.96. The van der Waals surface area contributed by atoms with Crippen LogP contribution in [0.3, 0.4) is 0 Å². The summed E-state index contributed by atoms with van der Waals surface area (Å²) in [5.74, 6) is -2.21. The van der Waals surface area contributed by atoms with Gasteiger partial charge in [-0.05, 0) is 36.6 Å². The van der Waals surface area contributed by atoms with Crippen molar-refractivity contribution in [1.82, 2.24) is 0 Å². The lowest BCUT2D eigenvalue weighted by molar-refractivity contribution is -0.145. The highest BCUT2D eigenvalue weighted by molar-refractivity contribution is 5.99. The maximum absolute atomic E-state index is 14.1. The van der Waals surface area contributed by atoms with Gasteiger partial charge in [0.2, 0.25) is 11.7 Å². The van der Waals surface area contributed by atoms with Gasteiger partial charge in [0.1, 0.15) is 5.82 Å². The summed E-state index contributed by atoms with van der Waals surface area (Å²) in [6.07, 6.45) is 1.34. The molecule has 1 aliphatic carbocycles. The normalized spacial score (nSPS) is 14.4. The molecule has 134 valence electrons. The lowest BCUT2D eigenvalue weighted by Crippen LogP contribution is -2.26. The maximum Gasteiger partial charge on any atom is 0.317 e. The SMILES string of the molecule is CC(=O)Nc1ccc(C(=O)COC(=O)C2(c3ccccc3)CC2)c(F)c1. The van der Waals surface area contributed by atoms with E-state index >= 15 is 0 Å². The highest BCUT2D eigenvalue weighted by Crippen LogP contribution is 2.49. The Balaban J connectivity index is 1.64. The summed E-state index contributed by atoms with van der Waals surface area (Å²) in [6.45, 7) is 0.778. The molecule has 0 spiro atoms. The summed E-state index contributed by atoms with van der Waals surface area (Å²) in [6, 6.07) is 13.0. The molecule has 1 aliphatic rings. The number of ketones is 1. The first kappa shape index (κ1) is 17.8. The molecule has 2 aromatic rings. The van der Waals surface area contributed by atoms with E-state index in [4.69, 9.17) is 4.74 Å². The molecule has 0 unspecified atom stereocenters. The number of Topliss-reactive ketones (excluding diaryl/α,β-unsaturated/α-hetero) is 1. The van der Waals surface area contributed by atoms with E-state index in [1.54, 1.807) is 0 Å². The number of hydrogen-bond donors (Lipinski definition) is 1. The van der Waals surface area contributed by atoms with Gasteiger partial charge in [-0.2, -0.15) is 0 Å². The fourth-order valence-corrected chi connectivity index (χ4v) is 2.86. The molecule has 0 aromatic heterocycles. The molecule has 1 amide bonds. The molecule has 3 rings (SSSR count). The van der Waals surface area contributed by atoms with E-state index in [1.165, 1.54) is 19.1 Å². The van der Waals surface area contributed by atoms with Crippen molar-refractivity contribution < 1.29 is 23.5 Å². The Labute approximate surface area is 150 Å². The van der Waals surface area contributed by atoms with Crippen LogP contribution in [0.4, 0.5) is 10.1 Å². The average Bonchev–Trinajstić information content (AvgIpc) is 3.42. The molecule has 0 radical (unpaired) electrons. The van der Waals surface area contributed by atoms with Gasteiger partial charge >= 0.3 is 5.97 Å². The minimum atomic E-state index is -0.776. The van der Waals surface area contributed by atoms with Gasteiger partial charge in [0.15, 0.2) is 6.61 Å². The van der Waals surface area contributed by atoms with Crippen LogP contribution >= 0.6 is 0 Å². The minimum Gasteiger partial charge on any atom is -0.457 e. The van der Waals surface area contributed by atoms with Gasteiger partial charge in [-0.25, -0.2) is 4.39 Å². The van der Waals surface area contributed by atoms with Gasteiger partial charge < -0.3 is 10.1 Å². The number of rotatable bonds is 6. The van der Waals surface area contributed by atoms with E-state index in [0.29, 0.717) is 12.8 Å². The van der Waals surface area contributed by atoms with E-state index in [1.807, 2.05) is 30.3 Å². The molecule has 0 bridgehead atoms. The molecular formula is C20H18FNO4. The van der Waals surface area contributed by atoms with E-state index < -0.39 is 29.6 Å². The zero-order valence-electron chi connectivity index (χ0n) is 14.3. The summed E-state index contributed by atoms with van der Waals surface area (Å²) in [5, 5.41) is 2.43. The third kappa shape index (κ3) is 3.64. The number of halogens is 1. The predicted molar refractivity (Wildman–Crippen MR) is 93.3 cm³/mol. The Hall–Kier alpha value is -3.02. The first-order valence-electron chi connectivity index (χ1n) is 8.25. The van der Waals surface area contributed by atoms with Gasteiger partial charge in [-0.15, -0.1) is 0 Å². The number of carbonyl (C=O) groups excluding carboxylic acids is 3. The Bertz CT molecular complexity index is 859. The zero-order valence-corrected chi connectivity index (χ0v) is 14.3. The second-order valence-electron chi connectivity index (χ2n) is 6.32. The van der Waals surface area contributed by atoms with Crippen LogP contribution in [-0.2, 0) is 19.7 Å². The van der Waals surface area contributed by atoms with E-state index in [9.17, 15) is 18.8 Å². The van der Waals surface area contributed by atoms with Gasteiger partial charge in [-0.3, -0.25) is 14.4 Å².